The third-order valence-corrected chi connectivity index (χ3v) is 4.89. The second-order valence-electron chi connectivity index (χ2n) is 7.34. The van der Waals surface area contributed by atoms with Gasteiger partial charge < -0.3 is 20.1 Å². The Morgan fingerprint density at radius 3 is 2.63 bits per heavy atom. The summed E-state index contributed by atoms with van der Waals surface area (Å²) >= 11 is 0. The summed E-state index contributed by atoms with van der Waals surface area (Å²) in [4.78, 5) is 21.8. The van der Waals surface area contributed by atoms with Crippen LogP contribution in [0.1, 0.15) is 16.1 Å². The average Bonchev–Trinajstić information content (AvgIpc) is 3.23. The first-order valence-corrected chi connectivity index (χ1v) is 10.4. The Kier molecular flexibility index (Phi) is 8.37. The number of fused-ring (bicyclic) bond motifs is 1. The van der Waals surface area contributed by atoms with Gasteiger partial charge in [-0.05, 0) is 48.9 Å². The number of benzene rings is 1. The fourth-order valence-corrected chi connectivity index (χ4v) is 3.28. The van der Waals surface area contributed by atoms with Gasteiger partial charge in [0.2, 0.25) is 5.88 Å². The maximum atomic E-state index is 13.1. The van der Waals surface area contributed by atoms with E-state index in [4.69, 9.17) is 9.84 Å². The molecule has 4 rings (SSSR count). The number of rotatable bonds is 7. The first-order valence-electron chi connectivity index (χ1n) is 10.4. The smallest absolute Gasteiger partial charge is 0.401 e. The first kappa shape index (κ1) is 25.6. The zero-order chi connectivity index (χ0) is 25.4. The van der Waals surface area contributed by atoms with E-state index in [1.54, 1.807) is 42.7 Å². The van der Waals surface area contributed by atoms with Crippen LogP contribution in [-0.4, -0.2) is 52.4 Å². The number of nitrogens with zero attached hydrogens (tertiary/aromatic N) is 2. The zero-order valence-electron chi connectivity index (χ0n) is 18.6. The lowest BCUT2D eigenvalue weighted by Gasteiger charge is -2.07. The highest BCUT2D eigenvalue weighted by atomic mass is 19.4. The van der Waals surface area contributed by atoms with Crippen LogP contribution in [0.25, 0.3) is 22.0 Å². The fourth-order valence-electron chi connectivity index (χ4n) is 3.28. The number of hydrogen-bond acceptors (Lipinski definition) is 5. The predicted octanol–water partition coefficient (Wildman–Crippen LogP) is 4.85. The molecule has 3 heterocycles. The molecule has 3 N–H and O–H groups in total. The van der Waals surface area contributed by atoms with E-state index in [-0.39, 0.29) is 18.1 Å². The van der Waals surface area contributed by atoms with Crippen molar-refractivity contribution in [3.63, 3.8) is 0 Å². The number of hydrogen-bond donors (Lipinski definition) is 3. The SMILES string of the molecule is COc1ccc(-c2cccnc2C(=O)O)cn1.Fc1ccc2[nH]cc(CCNCC(F)(F)F)c2c1. The van der Waals surface area contributed by atoms with E-state index < -0.39 is 18.7 Å². The van der Waals surface area contributed by atoms with Gasteiger partial charge in [-0.3, -0.25) is 0 Å². The molecule has 0 aliphatic carbocycles. The van der Waals surface area contributed by atoms with E-state index in [9.17, 15) is 22.4 Å². The van der Waals surface area contributed by atoms with Crippen molar-refractivity contribution >= 4 is 16.9 Å². The predicted molar refractivity (Wildman–Crippen MR) is 122 cm³/mol. The number of ether oxygens (including phenoxy) is 1. The van der Waals surface area contributed by atoms with Crippen LogP contribution >= 0.6 is 0 Å². The largest absolute Gasteiger partial charge is 0.481 e. The van der Waals surface area contributed by atoms with Crippen molar-refractivity contribution < 1.29 is 32.2 Å². The van der Waals surface area contributed by atoms with Crippen LogP contribution < -0.4 is 10.1 Å². The van der Waals surface area contributed by atoms with Gasteiger partial charge in [-0.15, -0.1) is 0 Å². The van der Waals surface area contributed by atoms with Gasteiger partial charge >= 0.3 is 12.1 Å². The molecule has 184 valence electrons. The van der Waals surface area contributed by atoms with Crippen LogP contribution in [0.4, 0.5) is 17.6 Å². The maximum absolute atomic E-state index is 13.1. The normalized spacial score (nSPS) is 11.1. The molecule has 0 unspecified atom stereocenters. The van der Waals surface area contributed by atoms with Gasteiger partial charge in [0.25, 0.3) is 0 Å². The number of aromatic nitrogens is 3. The Balaban J connectivity index is 0.000000196. The molecule has 0 fully saturated rings. The molecule has 0 saturated heterocycles. The van der Waals surface area contributed by atoms with E-state index in [2.05, 4.69) is 20.3 Å². The van der Waals surface area contributed by atoms with E-state index >= 15 is 0 Å². The average molecular weight is 490 g/mol. The zero-order valence-corrected chi connectivity index (χ0v) is 18.6. The molecule has 11 heteroatoms. The highest BCUT2D eigenvalue weighted by Gasteiger charge is 2.26. The Morgan fingerprint density at radius 1 is 1.17 bits per heavy atom. The van der Waals surface area contributed by atoms with Gasteiger partial charge in [-0.2, -0.15) is 13.2 Å². The Hall–Kier alpha value is -3.99. The van der Waals surface area contributed by atoms with Gasteiger partial charge in [0.1, 0.15) is 5.82 Å². The third-order valence-electron chi connectivity index (χ3n) is 4.89. The summed E-state index contributed by atoms with van der Waals surface area (Å²) in [5.74, 6) is -0.933. The van der Waals surface area contributed by atoms with E-state index in [1.807, 2.05) is 0 Å². The number of aromatic amines is 1. The molecule has 0 radical (unpaired) electrons. The highest BCUT2D eigenvalue weighted by molar-refractivity contribution is 5.93. The lowest BCUT2D eigenvalue weighted by molar-refractivity contribution is -0.124. The number of alkyl halides is 3. The van der Waals surface area contributed by atoms with Crippen molar-refractivity contribution in [3.05, 3.63) is 78.1 Å². The Morgan fingerprint density at radius 2 is 1.97 bits per heavy atom. The number of nitrogens with one attached hydrogen (secondary N) is 2. The van der Waals surface area contributed by atoms with Crippen molar-refractivity contribution in [2.75, 3.05) is 20.2 Å². The summed E-state index contributed by atoms with van der Waals surface area (Å²) in [6, 6.07) is 11.1. The number of aromatic carboxylic acids is 1. The molecule has 1 aromatic carbocycles. The Bertz CT molecular complexity index is 1270. The van der Waals surface area contributed by atoms with Crippen molar-refractivity contribution in [2.45, 2.75) is 12.6 Å². The van der Waals surface area contributed by atoms with Crippen LogP contribution in [0.2, 0.25) is 0 Å². The molecule has 0 saturated carbocycles. The summed E-state index contributed by atoms with van der Waals surface area (Å²) < 4.78 is 53.7. The van der Waals surface area contributed by atoms with E-state index in [1.165, 1.54) is 25.4 Å². The molecule has 0 aliphatic heterocycles. The molecule has 4 aromatic rings. The summed E-state index contributed by atoms with van der Waals surface area (Å²) in [5.41, 5.74) is 2.83. The maximum Gasteiger partial charge on any atom is 0.401 e. The molecule has 0 aliphatic rings. The fraction of sp³-hybridized carbons (Fsp3) is 0.208. The van der Waals surface area contributed by atoms with Crippen LogP contribution in [-0.2, 0) is 6.42 Å². The van der Waals surface area contributed by atoms with E-state index in [0.717, 1.165) is 11.1 Å². The molecule has 0 amide bonds. The standard InChI is InChI=1S/C12H12F4N2.C12H10N2O3/c13-9-1-2-11-10(5-9)8(6-18-11)3-4-17-7-12(14,15)16;1-17-10-5-4-8(7-14-10)9-3-2-6-13-11(9)12(15)16/h1-2,5-6,17-18H,3-4,7H2;2-7H,1H3,(H,15,16). The summed E-state index contributed by atoms with van der Waals surface area (Å²) in [7, 11) is 1.52. The number of carboxylic acid groups (broad SMARTS) is 1. The van der Waals surface area contributed by atoms with Crippen LogP contribution in [0.15, 0.2) is 61.1 Å². The molecule has 0 bridgehead atoms. The van der Waals surface area contributed by atoms with Gasteiger partial charge in [0, 0.05) is 46.7 Å². The van der Waals surface area contributed by atoms with Crippen LogP contribution in [0.5, 0.6) is 5.88 Å². The lowest BCUT2D eigenvalue weighted by atomic mass is 10.1. The summed E-state index contributed by atoms with van der Waals surface area (Å²) in [5, 5.41) is 12.0. The topological polar surface area (TPSA) is 100 Å². The second-order valence-corrected chi connectivity index (χ2v) is 7.34. The first-order chi connectivity index (χ1) is 16.7. The minimum absolute atomic E-state index is 0.0134. The molecule has 35 heavy (non-hydrogen) atoms. The van der Waals surface area contributed by atoms with Crippen molar-refractivity contribution in [1.29, 1.82) is 0 Å². The minimum Gasteiger partial charge on any atom is -0.481 e. The van der Waals surface area contributed by atoms with Crippen LogP contribution in [0.3, 0.4) is 0 Å². The quantitative estimate of drug-likeness (QED) is 0.253. The van der Waals surface area contributed by atoms with Crippen LogP contribution in [0, 0.1) is 5.82 Å². The second kappa shape index (κ2) is 11.4. The lowest BCUT2D eigenvalue weighted by Crippen LogP contribution is -2.30. The van der Waals surface area contributed by atoms with Gasteiger partial charge in [0.05, 0.1) is 13.7 Å². The van der Waals surface area contributed by atoms with Crippen molar-refractivity contribution in [1.82, 2.24) is 20.3 Å². The van der Waals surface area contributed by atoms with Crippen molar-refractivity contribution in [3.8, 4) is 17.0 Å². The van der Waals surface area contributed by atoms with Gasteiger partial charge in [-0.25, -0.2) is 19.2 Å². The molecule has 0 atom stereocenters. The number of carbonyl (C=O) groups is 1. The monoisotopic (exact) mass is 490 g/mol. The molecular weight excluding hydrogens is 468 g/mol. The number of methoxy groups -OCH3 is 1. The van der Waals surface area contributed by atoms with Gasteiger partial charge in [-0.1, -0.05) is 6.07 Å². The molecule has 7 nitrogen and oxygen atoms in total. The molecule has 0 spiro atoms. The molecule has 3 aromatic heterocycles. The number of pyridine rings is 2. The molecular formula is C24H22F4N4O3. The van der Waals surface area contributed by atoms with E-state index in [0.29, 0.717) is 28.8 Å². The Labute approximate surface area is 197 Å². The third kappa shape index (κ3) is 7.24. The number of carboxylic acids is 1. The summed E-state index contributed by atoms with van der Waals surface area (Å²) in [6.45, 7) is -0.813. The minimum atomic E-state index is -4.20. The number of H-pyrrole nitrogens is 1. The highest BCUT2D eigenvalue weighted by Crippen LogP contribution is 2.23. The summed E-state index contributed by atoms with van der Waals surface area (Å²) in [6.07, 6.45) is 0.914. The van der Waals surface area contributed by atoms with Gasteiger partial charge in [0.15, 0.2) is 5.69 Å². The number of halogens is 4. The van der Waals surface area contributed by atoms with Crippen molar-refractivity contribution in [2.24, 2.45) is 0 Å².